The number of furan rings is 1. The summed E-state index contributed by atoms with van der Waals surface area (Å²) in [5, 5.41) is 16.1. The number of nitrogens with one attached hydrogen (secondary N) is 4. The lowest BCUT2D eigenvalue weighted by molar-refractivity contribution is -0.127. The van der Waals surface area contributed by atoms with Crippen molar-refractivity contribution in [2.24, 2.45) is 5.41 Å². The van der Waals surface area contributed by atoms with E-state index in [1.807, 2.05) is 81.6 Å². The molecule has 6 N–H and O–H groups in total. The predicted molar refractivity (Wildman–Crippen MR) is 149 cm³/mol. The molecule has 3 heterocycles. The van der Waals surface area contributed by atoms with Gasteiger partial charge in [-0.25, -0.2) is 0 Å². The molecule has 2 aromatic heterocycles. The number of aromatic amines is 1. The highest BCUT2D eigenvalue weighted by atomic mass is 16.3. The van der Waals surface area contributed by atoms with Crippen molar-refractivity contribution >= 4 is 33.8 Å². The van der Waals surface area contributed by atoms with Gasteiger partial charge in [0.2, 0.25) is 5.91 Å². The zero-order valence-electron chi connectivity index (χ0n) is 21.0. The van der Waals surface area contributed by atoms with Gasteiger partial charge in [0.25, 0.3) is 0 Å². The van der Waals surface area contributed by atoms with Gasteiger partial charge in [-0.1, -0.05) is 39.0 Å². The lowest BCUT2D eigenvalue weighted by Gasteiger charge is -2.18. The lowest BCUT2D eigenvalue weighted by Crippen LogP contribution is -2.33. The summed E-state index contributed by atoms with van der Waals surface area (Å²) < 4.78 is 5.27. The first kappa shape index (κ1) is 23.9. The number of hydrogen-bond donors (Lipinski definition) is 5. The molecular weight excluding hydrogens is 462 g/mol. The van der Waals surface area contributed by atoms with Crippen LogP contribution in [0.15, 0.2) is 95.7 Å². The SMILES string of the molecule is CC(C)(C)C(=O)NC1=CC(c2ccc(N)c(C(=N)c3cc4c(-c5ccoc5)cccc4[nH]3)c2)=CNC=C1. The zero-order chi connectivity index (χ0) is 26.2. The third-order valence-electron chi connectivity index (χ3n) is 6.27. The molecule has 0 spiro atoms. The number of aromatic nitrogens is 1. The Bertz CT molecular complexity index is 1590. The molecule has 0 aliphatic carbocycles. The Morgan fingerprint density at radius 2 is 1.92 bits per heavy atom. The van der Waals surface area contributed by atoms with Gasteiger partial charge in [0.15, 0.2) is 0 Å². The van der Waals surface area contributed by atoms with E-state index >= 15 is 0 Å². The molecule has 7 nitrogen and oxygen atoms in total. The van der Waals surface area contributed by atoms with E-state index in [1.165, 1.54) is 0 Å². The van der Waals surface area contributed by atoms with Crippen LogP contribution in [-0.4, -0.2) is 16.6 Å². The maximum Gasteiger partial charge on any atom is 0.229 e. The van der Waals surface area contributed by atoms with E-state index in [2.05, 4.69) is 15.6 Å². The highest BCUT2D eigenvalue weighted by Gasteiger charge is 2.22. The van der Waals surface area contributed by atoms with Crippen molar-refractivity contribution in [2.45, 2.75) is 20.8 Å². The third-order valence-corrected chi connectivity index (χ3v) is 6.27. The smallest absolute Gasteiger partial charge is 0.229 e. The van der Waals surface area contributed by atoms with Gasteiger partial charge in [0.1, 0.15) is 0 Å². The van der Waals surface area contributed by atoms with Gasteiger partial charge in [-0.3, -0.25) is 10.2 Å². The molecule has 37 heavy (non-hydrogen) atoms. The number of nitrogen functional groups attached to an aromatic ring is 1. The van der Waals surface area contributed by atoms with E-state index in [9.17, 15) is 4.79 Å². The lowest BCUT2D eigenvalue weighted by atomic mass is 9.95. The number of H-pyrrole nitrogens is 1. The second-order valence-corrected chi connectivity index (χ2v) is 10.0. The van der Waals surface area contributed by atoms with Gasteiger partial charge >= 0.3 is 0 Å². The minimum Gasteiger partial charge on any atom is -0.472 e. The molecule has 2 aromatic carbocycles. The Labute approximate surface area is 215 Å². The van der Waals surface area contributed by atoms with E-state index < -0.39 is 5.41 Å². The Morgan fingerprint density at radius 1 is 1.08 bits per heavy atom. The number of amides is 1. The van der Waals surface area contributed by atoms with E-state index in [0.29, 0.717) is 28.4 Å². The number of benzene rings is 2. The van der Waals surface area contributed by atoms with Crippen LogP contribution < -0.4 is 16.4 Å². The van der Waals surface area contributed by atoms with Crippen molar-refractivity contribution in [1.29, 1.82) is 5.41 Å². The summed E-state index contributed by atoms with van der Waals surface area (Å²) in [5.74, 6) is -0.0713. The van der Waals surface area contributed by atoms with Crippen molar-refractivity contribution in [3.05, 3.63) is 108 Å². The second-order valence-electron chi connectivity index (χ2n) is 10.0. The molecule has 1 aliphatic heterocycles. The highest BCUT2D eigenvalue weighted by molar-refractivity contribution is 6.15. The van der Waals surface area contributed by atoms with Crippen LogP contribution in [0.1, 0.15) is 37.6 Å². The van der Waals surface area contributed by atoms with Crippen LogP contribution in [0.4, 0.5) is 5.69 Å². The molecule has 0 radical (unpaired) electrons. The Morgan fingerprint density at radius 3 is 2.68 bits per heavy atom. The standard InChI is InChI=1S/C30H29N5O2/c1-30(2,3)29(36)34-21-9-11-33-16-20(13-21)18-7-8-25(31)24(14-18)28(32)27-15-23-22(19-10-12-37-17-19)5-4-6-26(23)35-27/h4-17,32-33,35H,31H2,1-3H3,(H,34,36). The van der Waals surface area contributed by atoms with Crippen LogP contribution in [0.25, 0.3) is 27.6 Å². The van der Waals surface area contributed by atoms with E-state index in [1.54, 1.807) is 24.8 Å². The molecule has 1 aliphatic rings. The van der Waals surface area contributed by atoms with Gasteiger partial charge in [-0.2, -0.15) is 0 Å². The number of fused-ring (bicyclic) bond motifs is 1. The maximum absolute atomic E-state index is 12.5. The summed E-state index contributed by atoms with van der Waals surface area (Å²) >= 11 is 0. The zero-order valence-corrected chi connectivity index (χ0v) is 21.0. The second kappa shape index (κ2) is 9.35. The number of allylic oxidation sites excluding steroid dienone is 3. The molecule has 186 valence electrons. The van der Waals surface area contributed by atoms with Crippen molar-refractivity contribution in [2.75, 3.05) is 5.73 Å². The number of hydrogen-bond acceptors (Lipinski definition) is 5. The minimum atomic E-state index is -0.515. The summed E-state index contributed by atoms with van der Waals surface area (Å²) in [6, 6.07) is 15.5. The van der Waals surface area contributed by atoms with Gasteiger partial charge in [-0.15, -0.1) is 0 Å². The molecule has 0 saturated heterocycles. The average Bonchev–Trinajstić information content (AvgIpc) is 3.50. The predicted octanol–water partition coefficient (Wildman–Crippen LogP) is 5.93. The fourth-order valence-corrected chi connectivity index (χ4v) is 4.15. The van der Waals surface area contributed by atoms with Crippen LogP contribution >= 0.6 is 0 Å². The van der Waals surface area contributed by atoms with Crippen molar-refractivity contribution < 1.29 is 9.21 Å². The summed E-state index contributed by atoms with van der Waals surface area (Å²) in [5.41, 5.74) is 13.2. The molecule has 0 saturated carbocycles. The molecular formula is C30H29N5O2. The number of carbonyl (C=O) groups is 1. The van der Waals surface area contributed by atoms with Crippen LogP contribution in [-0.2, 0) is 4.79 Å². The maximum atomic E-state index is 12.5. The third kappa shape index (κ3) is 4.84. The number of carbonyl (C=O) groups excluding carboxylic acids is 1. The molecule has 0 unspecified atom stereocenters. The largest absolute Gasteiger partial charge is 0.472 e. The topological polar surface area (TPSA) is 120 Å². The first-order chi connectivity index (χ1) is 17.7. The van der Waals surface area contributed by atoms with Gasteiger partial charge in [0, 0.05) is 51.2 Å². The van der Waals surface area contributed by atoms with E-state index in [0.717, 1.165) is 33.2 Å². The molecule has 0 bridgehead atoms. The number of nitrogens with two attached hydrogens (primary N) is 1. The number of anilines is 1. The fourth-order valence-electron chi connectivity index (χ4n) is 4.15. The monoisotopic (exact) mass is 491 g/mol. The van der Waals surface area contributed by atoms with Crippen LogP contribution in [0.5, 0.6) is 0 Å². The van der Waals surface area contributed by atoms with Crippen LogP contribution in [0, 0.1) is 10.8 Å². The quantitative estimate of drug-likeness (QED) is 0.175. The summed E-state index contributed by atoms with van der Waals surface area (Å²) in [6.07, 6.45) is 10.7. The van der Waals surface area contributed by atoms with Crippen molar-refractivity contribution in [3.8, 4) is 11.1 Å². The summed E-state index contributed by atoms with van der Waals surface area (Å²) in [6.45, 7) is 5.62. The molecule has 0 atom stereocenters. The van der Waals surface area contributed by atoms with Gasteiger partial charge < -0.3 is 25.8 Å². The first-order valence-electron chi connectivity index (χ1n) is 12.0. The van der Waals surface area contributed by atoms with Crippen molar-refractivity contribution in [1.82, 2.24) is 15.6 Å². The summed E-state index contributed by atoms with van der Waals surface area (Å²) in [7, 11) is 0. The Hall–Kier alpha value is -4.78. The van der Waals surface area contributed by atoms with Crippen LogP contribution in [0.3, 0.4) is 0 Å². The van der Waals surface area contributed by atoms with Crippen LogP contribution in [0.2, 0.25) is 0 Å². The fraction of sp³-hybridized carbons (Fsp3) is 0.133. The highest BCUT2D eigenvalue weighted by Crippen LogP contribution is 2.31. The molecule has 0 fully saturated rings. The molecule has 7 heteroatoms. The van der Waals surface area contributed by atoms with Gasteiger partial charge in [0.05, 0.1) is 23.9 Å². The number of rotatable bonds is 5. The van der Waals surface area contributed by atoms with Gasteiger partial charge in [-0.05, 0) is 59.2 Å². The summed E-state index contributed by atoms with van der Waals surface area (Å²) in [4.78, 5) is 15.9. The first-order valence-corrected chi connectivity index (χ1v) is 12.0. The molecule has 4 aromatic rings. The Kier molecular flexibility index (Phi) is 6.05. The molecule has 1 amide bonds. The minimum absolute atomic E-state index is 0.0713. The Balaban J connectivity index is 1.49. The molecule has 5 rings (SSSR count). The van der Waals surface area contributed by atoms with E-state index in [-0.39, 0.29) is 5.91 Å². The average molecular weight is 492 g/mol. The van der Waals surface area contributed by atoms with E-state index in [4.69, 9.17) is 15.6 Å². The van der Waals surface area contributed by atoms with Crippen molar-refractivity contribution in [3.63, 3.8) is 0 Å². The normalized spacial score (nSPS) is 13.5.